The lowest BCUT2D eigenvalue weighted by Gasteiger charge is -2.30. The first kappa shape index (κ1) is 27.9. The van der Waals surface area contributed by atoms with Gasteiger partial charge in [-0.05, 0) is 64.7 Å². The maximum Gasteiger partial charge on any atom is 0.413 e. The van der Waals surface area contributed by atoms with Crippen LogP contribution in [0.4, 0.5) is 10.6 Å². The van der Waals surface area contributed by atoms with Crippen LogP contribution in [0.3, 0.4) is 0 Å². The third-order valence-electron chi connectivity index (χ3n) is 5.93. The highest BCUT2D eigenvalue weighted by Gasteiger charge is 2.26. The van der Waals surface area contributed by atoms with Gasteiger partial charge in [0.2, 0.25) is 5.91 Å². The number of hydrazine groups is 1. The molecular weight excluding hydrogens is 470 g/mol. The minimum atomic E-state index is -0.605. The Morgan fingerprint density at radius 3 is 2.49 bits per heavy atom. The maximum absolute atomic E-state index is 13.0. The van der Waals surface area contributed by atoms with Crippen LogP contribution in [0, 0.1) is 6.92 Å². The smallest absolute Gasteiger partial charge is 0.413 e. The number of aryl methyl sites for hydroxylation is 1. The van der Waals surface area contributed by atoms with Gasteiger partial charge < -0.3 is 10.1 Å². The second kappa shape index (κ2) is 12.5. The Morgan fingerprint density at radius 1 is 1.08 bits per heavy atom. The normalized spacial score (nSPS) is 14.0. The number of aromatic nitrogens is 1. The van der Waals surface area contributed by atoms with Gasteiger partial charge in [0.15, 0.2) is 0 Å². The van der Waals surface area contributed by atoms with Crippen molar-refractivity contribution >= 4 is 23.7 Å². The molecule has 3 N–H and O–H groups in total. The van der Waals surface area contributed by atoms with E-state index in [1.165, 1.54) is 5.56 Å². The number of rotatable bonds is 9. The fourth-order valence-electron chi connectivity index (χ4n) is 3.91. The number of nitrogens with one attached hydrogen (secondary N) is 3. The zero-order chi connectivity index (χ0) is 27.0. The number of ether oxygens (including phenoxy) is 1. The number of nitrogens with zero attached hydrogens (tertiary/aromatic N) is 2. The quantitative estimate of drug-likeness (QED) is 0.472. The van der Waals surface area contributed by atoms with Crippen LogP contribution in [0.2, 0.25) is 0 Å². The molecule has 0 unspecified atom stereocenters. The predicted molar refractivity (Wildman–Crippen MR) is 142 cm³/mol. The summed E-state index contributed by atoms with van der Waals surface area (Å²) in [7, 11) is 0. The van der Waals surface area contributed by atoms with Crippen LogP contribution in [0.1, 0.15) is 57.4 Å². The van der Waals surface area contributed by atoms with E-state index in [2.05, 4.69) is 33.2 Å². The monoisotopic (exact) mass is 507 g/mol. The Labute approximate surface area is 218 Å². The Kier molecular flexibility index (Phi) is 9.41. The highest BCUT2D eigenvalue weighted by atomic mass is 16.6. The second-order valence-electron chi connectivity index (χ2n) is 10.1. The molecule has 1 aliphatic heterocycles. The van der Waals surface area contributed by atoms with Crippen LogP contribution in [0.5, 0.6) is 0 Å². The summed E-state index contributed by atoms with van der Waals surface area (Å²) in [6.45, 7) is 10.6. The molecule has 0 saturated heterocycles. The van der Waals surface area contributed by atoms with Crippen molar-refractivity contribution in [3.8, 4) is 0 Å². The molecule has 9 nitrogen and oxygen atoms in total. The Bertz CT molecular complexity index is 1150. The standard InChI is InChI=1S/C28H37N5O4/c1-19-14-16-33(30-15-13-21-9-7-6-8-10-21)26(35)23(19)17-25(34)29-18-22-11-12-24(31-20(22)2)32-27(36)37-28(3,4)5/h6-12,30H,13-18H2,1-5H3,(H,29,34)(H,31,32,36). The third-order valence-corrected chi connectivity index (χ3v) is 5.93. The number of amides is 3. The number of hydrogen-bond donors (Lipinski definition) is 3. The minimum absolute atomic E-state index is 0.0201. The van der Waals surface area contributed by atoms with Crippen LogP contribution in [0.15, 0.2) is 53.6 Å². The Hall–Kier alpha value is -3.72. The molecule has 1 aromatic carbocycles. The highest BCUT2D eigenvalue weighted by Crippen LogP contribution is 2.21. The summed E-state index contributed by atoms with van der Waals surface area (Å²) in [4.78, 5) is 42.1. The van der Waals surface area contributed by atoms with Gasteiger partial charge in [-0.3, -0.25) is 19.9 Å². The molecule has 0 aliphatic carbocycles. The molecule has 198 valence electrons. The third kappa shape index (κ3) is 8.71. The molecule has 0 atom stereocenters. The molecule has 0 saturated carbocycles. The van der Waals surface area contributed by atoms with Crippen molar-refractivity contribution in [3.05, 3.63) is 70.4 Å². The summed E-state index contributed by atoms with van der Waals surface area (Å²) in [6, 6.07) is 13.5. The fraction of sp³-hybridized carbons (Fsp3) is 0.429. The molecule has 3 amide bonds. The van der Waals surface area contributed by atoms with Gasteiger partial charge in [0.1, 0.15) is 11.4 Å². The van der Waals surface area contributed by atoms with Crippen molar-refractivity contribution in [1.29, 1.82) is 0 Å². The van der Waals surface area contributed by atoms with E-state index in [4.69, 9.17) is 4.74 Å². The van der Waals surface area contributed by atoms with Crippen LogP contribution in [0.25, 0.3) is 0 Å². The largest absolute Gasteiger partial charge is 0.444 e. The van der Waals surface area contributed by atoms with E-state index in [0.29, 0.717) is 30.2 Å². The number of carbonyl (C=O) groups is 3. The Morgan fingerprint density at radius 2 is 1.81 bits per heavy atom. The van der Waals surface area contributed by atoms with Crippen molar-refractivity contribution in [2.45, 2.75) is 66.0 Å². The molecule has 0 radical (unpaired) electrons. The molecule has 0 spiro atoms. The van der Waals surface area contributed by atoms with E-state index < -0.39 is 11.7 Å². The molecule has 2 aromatic rings. The number of benzene rings is 1. The molecule has 0 fully saturated rings. The molecule has 3 rings (SSSR count). The summed E-state index contributed by atoms with van der Waals surface area (Å²) >= 11 is 0. The summed E-state index contributed by atoms with van der Waals surface area (Å²) in [5.41, 5.74) is 6.76. The zero-order valence-electron chi connectivity index (χ0n) is 22.3. The van der Waals surface area contributed by atoms with E-state index in [1.807, 2.05) is 25.1 Å². The zero-order valence-corrected chi connectivity index (χ0v) is 22.3. The lowest BCUT2D eigenvalue weighted by atomic mass is 9.98. The van der Waals surface area contributed by atoms with Crippen LogP contribution in [-0.4, -0.2) is 46.6 Å². The van der Waals surface area contributed by atoms with Crippen LogP contribution >= 0.6 is 0 Å². The van der Waals surface area contributed by atoms with E-state index in [0.717, 1.165) is 24.0 Å². The Balaban J connectivity index is 1.50. The van der Waals surface area contributed by atoms with Gasteiger partial charge in [0.25, 0.3) is 5.91 Å². The summed E-state index contributed by atoms with van der Waals surface area (Å²) in [6.07, 6.45) is 0.973. The van der Waals surface area contributed by atoms with Gasteiger partial charge in [0, 0.05) is 30.9 Å². The average Bonchev–Trinajstić information content (AvgIpc) is 2.82. The van der Waals surface area contributed by atoms with E-state index in [1.54, 1.807) is 44.8 Å². The topological polar surface area (TPSA) is 113 Å². The van der Waals surface area contributed by atoms with Gasteiger partial charge in [-0.2, -0.15) is 0 Å². The average molecular weight is 508 g/mol. The summed E-state index contributed by atoms with van der Waals surface area (Å²) in [5, 5.41) is 7.11. The van der Waals surface area contributed by atoms with Crippen molar-refractivity contribution in [1.82, 2.24) is 20.7 Å². The molecular formula is C28H37N5O4. The first-order valence-electron chi connectivity index (χ1n) is 12.5. The number of hydrogen-bond acceptors (Lipinski definition) is 6. The van der Waals surface area contributed by atoms with E-state index in [9.17, 15) is 14.4 Å². The van der Waals surface area contributed by atoms with Gasteiger partial charge >= 0.3 is 6.09 Å². The molecule has 2 heterocycles. The van der Waals surface area contributed by atoms with Gasteiger partial charge in [-0.1, -0.05) is 42.0 Å². The minimum Gasteiger partial charge on any atom is -0.444 e. The van der Waals surface area contributed by atoms with Crippen molar-refractivity contribution in [2.75, 3.05) is 18.4 Å². The van der Waals surface area contributed by atoms with Crippen LogP contribution in [-0.2, 0) is 27.3 Å². The van der Waals surface area contributed by atoms with E-state index >= 15 is 0 Å². The molecule has 1 aromatic heterocycles. The highest BCUT2D eigenvalue weighted by molar-refractivity contribution is 5.99. The number of anilines is 1. The molecule has 37 heavy (non-hydrogen) atoms. The molecule has 9 heteroatoms. The first-order valence-corrected chi connectivity index (χ1v) is 12.5. The maximum atomic E-state index is 13.0. The predicted octanol–water partition coefficient (Wildman–Crippen LogP) is 4.04. The van der Waals surface area contributed by atoms with E-state index in [-0.39, 0.29) is 24.8 Å². The van der Waals surface area contributed by atoms with Crippen molar-refractivity contribution in [2.24, 2.45) is 0 Å². The second-order valence-corrected chi connectivity index (χ2v) is 10.1. The fourth-order valence-corrected chi connectivity index (χ4v) is 3.91. The molecule has 0 bridgehead atoms. The summed E-state index contributed by atoms with van der Waals surface area (Å²) in [5.74, 6) is -0.0122. The van der Waals surface area contributed by atoms with Gasteiger partial charge in [-0.25, -0.2) is 15.2 Å². The van der Waals surface area contributed by atoms with Gasteiger partial charge in [-0.15, -0.1) is 0 Å². The number of carbonyl (C=O) groups excluding carboxylic acids is 3. The van der Waals surface area contributed by atoms with Gasteiger partial charge in [0.05, 0.1) is 6.42 Å². The number of pyridine rings is 1. The first-order chi connectivity index (χ1) is 17.5. The molecule has 1 aliphatic rings. The lowest BCUT2D eigenvalue weighted by molar-refractivity contribution is -0.132. The summed E-state index contributed by atoms with van der Waals surface area (Å²) < 4.78 is 5.24. The van der Waals surface area contributed by atoms with Crippen LogP contribution < -0.4 is 16.1 Å². The van der Waals surface area contributed by atoms with Crippen molar-refractivity contribution < 1.29 is 19.1 Å². The SMILES string of the molecule is CC1=C(CC(=O)NCc2ccc(NC(=O)OC(C)(C)C)nc2C)C(=O)N(NCCc2ccccc2)CC1. The van der Waals surface area contributed by atoms with Crippen molar-refractivity contribution in [3.63, 3.8) is 0 Å². The lowest BCUT2D eigenvalue weighted by Crippen LogP contribution is -2.47.